The summed E-state index contributed by atoms with van der Waals surface area (Å²) in [6.07, 6.45) is 0. The van der Waals surface area contributed by atoms with E-state index in [4.69, 9.17) is 11.6 Å². The number of hydrogen-bond donors (Lipinski definition) is 3. The molecule has 0 aliphatic rings. The van der Waals surface area contributed by atoms with Gasteiger partial charge in [-0.2, -0.15) is 5.10 Å². The van der Waals surface area contributed by atoms with E-state index in [9.17, 15) is 14.7 Å². The maximum atomic E-state index is 11.7. The van der Waals surface area contributed by atoms with Crippen LogP contribution in [0.25, 0.3) is 0 Å². The molecule has 3 N–H and O–H groups in total. The Morgan fingerprint density at radius 3 is 2.78 bits per heavy atom. The molecule has 0 atom stereocenters. The summed E-state index contributed by atoms with van der Waals surface area (Å²) >= 11 is 5.74. The van der Waals surface area contributed by atoms with E-state index in [0.29, 0.717) is 5.02 Å². The summed E-state index contributed by atoms with van der Waals surface area (Å²) in [4.78, 5) is 22.5. The lowest BCUT2D eigenvalue weighted by Gasteiger charge is -2.06. The number of nitrogens with one attached hydrogen (secondary N) is 2. The molecule has 0 spiro atoms. The van der Waals surface area contributed by atoms with Crippen molar-refractivity contribution in [3.63, 3.8) is 0 Å². The van der Waals surface area contributed by atoms with E-state index >= 15 is 0 Å². The van der Waals surface area contributed by atoms with Gasteiger partial charge in [-0.3, -0.25) is 9.59 Å². The third-order valence-electron chi connectivity index (χ3n) is 2.12. The molecule has 1 aromatic carbocycles. The lowest BCUT2D eigenvalue weighted by Crippen LogP contribution is -2.17. The van der Waals surface area contributed by atoms with Crippen LogP contribution in [0.15, 0.2) is 35.1 Å². The fraction of sp³-hybridized carbons (Fsp3) is 0. The Balaban J connectivity index is 2.23. The average molecular weight is 266 g/mol. The van der Waals surface area contributed by atoms with Gasteiger partial charge in [0.1, 0.15) is 11.4 Å². The molecule has 0 aliphatic heterocycles. The number of H-pyrrole nitrogens is 1. The van der Waals surface area contributed by atoms with Crippen LogP contribution >= 0.6 is 11.6 Å². The van der Waals surface area contributed by atoms with Gasteiger partial charge in [0.15, 0.2) is 0 Å². The number of nitrogens with zero attached hydrogens (tertiary/aromatic N) is 1. The third-order valence-corrected chi connectivity index (χ3v) is 2.35. The van der Waals surface area contributed by atoms with Crippen LogP contribution in [0.5, 0.6) is 5.75 Å². The fourth-order valence-corrected chi connectivity index (χ4v) is 1.44. The highest BCUT2D eigenvalue weighted by Crippen LogP contribution is 2.26. The number of carbonyl (C=O) groups is 1. The van der Waals surface area contributed by atoms with Crippen LogP contribution < -0.4 is 10.9 Å². The molecule has 6 nitrogen and oxygen atoms in total. The van der Waals surface area contributed by atoms with Gasteiger partial charge in [0, 0.05) is 11.1 Å². The molecule has 1 amide bonds. The molecule has 0 saturated heterocycles. The average Bonchev–Trinajstić information content (AvgIpc) is 2.34. The second-order valence-corrected chi connectivity index (χ2v) is 3.86. The Kier molecular flexibility index (Phi) is 3.29. The number of hydrogen-bond acceptors (Lipinski definition) is 4. The number of phenolic OH excluding ortho intramolecular Hbond substituents is 1. The molecule has 1 aromatic heterocycles. The van der Waals surface area contributed by atoms with Crippen molar-refractivity contribution >= 4 is 23.2 Å². The summed E-state index contributed by atoms with van der Waals surface area (Å²) in [5.74, 6) is -0.680. The first-order valence-corrected chi connectivity index (χ1v) is 5.29. The van der Waals surface area contributed by atoms with Gasteiger partial charge in [0.2, 0.25) is 0 Å². The molecule has 1 heterocycles. The molecule has 92 valence electrons. The van der Waals surface area contributed by atoms with Gasteiger partial charge in [-0.1, -0.05) is 11.6 Å². The van der Waals surface area contributed by atoms with Gasteiger partial charge in [-0.25, -0.2) is 5.10 Å². The van der Waals surface area contributed by atoms with Crippen molar-refractivity contribution in [2.24, 2.45) is 0 Å². The third kappa shape index (κ3) is 2.67. The van der Waals surface area contributed by atoms with Crippen LogP contribution in [-0.2, 0) is 0 Å². The van der Waals surface area contributed by atoms with Crippen LogP contribution in [0.4, 0.5) is 5.69 Å². The lowest BCUT2D eigenvalue weighted by atomic mass is 10.2. The highest BCUT2D eigenvalue weighted by atomic mass is 35.5. The van der Waals surface area contributed by atoms with Crippen molar-refractivity contribution in [3.8, 4) is 5.75 Å². The standard InChI is InChI=1S/C11H8ClN3O3/c12-6-1-3-9(16)8(5-6)13-11(18)7-2-4-10(17)15-14-7/h1-5,16H,(H,13,18)(H,15,17). The van der Waals surface area contributed by atoms with Crippen molar-refractivity contribution in [1.82, 2.24) is 10.2 Å². The van der Waals surface area contributed by atoms with Crippen molar-refractivity contribution in [3.05, 3.63) is 51.4 Å². The van der Waals surface area contributed by atoms with Crippen molar-refractivity contribution in [2.75, 3.05) is 5.32 Å². The second kappa shape index (κ2) is 4.89. The minimum atomic E-state index is -0.566. The largest absolute Gasteiger partial charge is 0.506 e. The Labute approximate surface area is 106 Å². The van der Waals surface area contributed by atoms with Gasteiger partial charge in [-0.05, 0) is 24.3 Å². The number of amides is 1. The van der Waals surface area contributed by atoms with E-state index in [1.807, 2.05) is 0 Å². The van der Waals surface area contributed by atoms with E-state index in [1.165, 1.54) is 30.3 Å². The quantitative estimate of drug-likeness (QED) is 0.715. The second-order valence-electron chi connectivity index (χ2n) is 3.42. The molecule has 7 heteroatoms. The monoisotopic (exact) mass is 265 g/mol. The summed E-state index contributed by atoms with van der Waals surface area (Å²) in [6.45, 7) is 0. The Morgan fingerprint density at radius 1 is 1.33 bits per heavy atom. The molecule has 0 aliphatic carbocycles. The maximum Gasteiger partial charge on any atom is 0.276 e. The van der Waals surface area contributed by atoms with Crippen LogP contribution in [0, 0.1) is 0 Å². The van der Waals surface area contributed by atoms with E-state index in [-0.39, 0.29) is 17.1 Å². The summed E-state index contributed by atoms with van der Waals surface area (Å²) in [5, 5.41) is 18.0. The number of aromatic hydroxyl groups is 1. The molecule has 2 aromatic rings. The lowest BCUT2D eigenvalue weighted by molar-refractivity contribution is 0.102. The van der Waals surface area contributed by atoms with Gasteiger partial charge < -0.3 is 10.4 Å². The number of phenols is 1. The van der Waals surface area contributed by atoms with Crippen LogP contribution in [-0.4, -0.2) is 21.2 Å². The summed E-state index contributed by atoms with van der Waals surface area (Å²) in [6, 6.07) is 6.71. The normalized spacial score (nSPS) is 10.1. The number of carbonyl (C=O) groups excluding carboxylic acids is 1. The first kappa shape index (κ1) is 12.1. The van der Waals surface area contributed by atoms with E-state index < -0.39 is 11.5 Å². The molecule has 0 unspecified atom stereocenters. The van der Waals surface area contributed by atoms with Gasteiger partial charge >= 0.3 is 0 Å². The zero-order chi connectivity index (χ0) is 13.1. The molecular formula is C11H8ClN3O3. The molecular weight excluding hydrogens is 258 g/mol. The fourth-order valence-electron chi connectivity index (χ4n) is 1.27. The van der Waals surface area contributed by atoms with Gasteiger partial charge in [-0.15, -0.1) is 0 Å². The highest BCUT2D eigenvalue weighted by Gasteiger charge is 2.10. The minimum absolute atomic E-state index is 0.0222. The van der Waals surface area contributed by atoms with E-state index in [1.54, 1.807) is 0 Å². The number of rotatable bonds is 2. The van der Waals surface area contributed by atoms with Crippen LogP contribution in [0.2, 0.25) is 5.02 Å². The van der Waals surface area contributed by atoms with Gasteiger partial charge in [0.05, 0.1) is 5.69 Å². The molecule has 18 heavy (non-hydrogen) atoms. The molecule has 2 rings (SSSR count). The topological polar surface area (TPSA) is 95.1 Å². The first-order chi connectivity index (χ1) is 8.56. The number of benzene rings is 1. The summed E-state index contributed by atoms with van der Waals surface area (Å²) in [5.41, 5.74) is -0.216. The first-order valence-electron chi connectivity index (χ1n) is 4.92. The zero-order valence-electron chi connectivity index (χ0n) is 8.98. The minimum Gasteiger partial charge on any atom is -0.506 e. The van der Waals surface area contributed by atoms with Gasteiger partial charge in [0.25, 0.3) is 11.5 Å². The smallest absolute Gasteiger partial charge is 0.276 e. The molecule has 0 saturated carbocycles. The number of anilines is 1. The predicted molar refractivity (Wildman–Crippen MR) is 65.9 cm³/mol. The van der Waals surface area contributed by atoms with Crippen LogP contribution in [0.1, 0.15) is 10.5 Å². The van der Waals surface area contributed by atoms with E-state index in [2.05, 4.69) is 15.5 Å². The Hall–Kier alpha value is -2.34. The van der Waals surface area contributed by atoms with E-state index in [0.717, 1.165) is 0 Å². The highest BCUT2D eigenvalue weighted by molar-refractivity contribution is 6.31. The number of halogens is 1. The van der Waals surface area contributed by atoms with Crippen molar-refractivity contribution in [1.29, 1.82) is 0 Å². The Bertz CT molecular complexity index is 634. The number of aromatic nitrogens is 2. The van der Waals surface area contributed by atoms with Crippen LogP contribution in [0.3, 0.4) is 0 Å². The maximum absolute atomic E-state index is 11.7. The molecule has 0 radical (unpaired) electrons. The Morgan fingerprint density at radius 2 is 2.11 bits per heavy atom. The molecule has 0 bridgehead atoms. The summed E-state index contributed by atoms with van der Waals surface area (Å²) < 4.78 is 0. The SMILES string of the molecule is O=C(Nc1cc(Cl)ccc1O)c1ccc(=O)[nH]n1. The predicted octanol–water partition coefficient (Wildman–Crippen LogP) is 1.38. The van der Waals surface area contributed by atoms with Crippen molar-refractivity contribution in [2.45, 2.75) is 0 Å². The zero-order valence-corrected chi connectivity index (χ0v) is 9.73. The number of aromatic amines is 1. The van der Waals surface area contributed by atoms with Crippen molar-refractivity contribution < 1.29 is 9.90 Å². The molecule has 0 fully saturated rings. The summed E-state index contributed by atoms with van der Waals surface area (Å²) in [7, 11) is 0.